The van der Waals surface area contributed by atoms with Crippen molar-refractivity contribution >= 4 is 11.8 Å². The monoisotopic (exact) mass is 318 g/mol. The lowest BCUT2D eigenvalue weighted by atomic mass is 10.1. The number of rotatable bonds is 7. The summed E-state index contributed by atoms with van der Waals surface area (Å²) in [6.45, 7) is 5.90. The molecule has 1 heterocycles. The molecule has 1 aromatic carbocycles. The molecule has 0 saturated carbocycles. The summed E-state index contributed by atoms with van der Waals surface area (Å²) in [4.78, 5) is 26.0. The van der Waals surface area contributed by atoms with Crippen LogP contribution >= 0.6 is 0 Å². The highest BCUT2D eigenvalue weighted by atomic mass is 16.5. The SMILES string of the molecule is COc1ccccc1CCN1CC(C(=O)NCC(C)C)CC1=O. The van der Waals surface area contributed by atoms with Crippen LogP contribution in [0, 0.1) is 11.8 Å². The lowest BCUT2D eigenvalue weighted by molar-refractivity contribution is -0.129. The van der Waals surface area contributed by atoms with Crippen molar-refractivity contribution in [1.82, 2.24) is 10.2 Å². The Kier molecular flexibility index (Phi) is 6.02. The van der Waals surface area contributed by atoms with Crippen LogP contribution in [-0.2, 0) is 16.0 Å². The summed E-state index contributed by atoms with van der Waals surface area (Å²) in [7, 11) is 1.65. The Bertz CT molecular complexity index is 557. The molecular weight excluding hydrogens is 292 g/mol. The van der Waals surface area contributed by atoms with Gasteiger partial charge in [0, 0.05) is 26.1 Å². The number of carbonyl (C=O) groups excluding carboxylic acids is 2. The molecule has 5 nitrogen and oxygen atoms in total. The van der Waals surface area contributed by atoms with Crippen LogP contribution in [0.3, 0.4) is 0 Å². The summed E-state index contributed by atoms with van der Waals surface area (Å²) in [5.74, 6) is 1.08. The van der Waals surface area contributed by atoms with Crippen LogP contribution in [0.25, 0.3) is 0 Å². The van der Waals surface area contributed by atoms with Crippen molar-refractivity contribution in [1.29, 1.82) is 0 Å². The van der Waals surface area contributed by atoms with Crippen molar-refractivity contribution in [2.75, 3.05) is 26.7 Å². The summed E-state index contributed by atoms with van der Waals surface area (Å²) in [5.41, 5.74) is 1.08. The zero-order valence-electron chi connectivity index (χ0n) is 14.2. The molecule has 0 spiro atoms. The average Bonchev–Trinajstić information content (AvgIpc) is 2.92. The highest BCUT2D eigenvalue weighted by molar-refractivity contribution is 5.89. The Morgan fingerprint density at radius 3 is 2.83 bits per heavy atom. The number of nitrogens with zero attached hydrogens (tertiary/aromatic N) is 1. The summed E-state index contributed by atoms with van der Waals surface area (Å²) in [5, 5.41) is 2.92. The first kappa shape index (κ1) is 17.3. The maximum absolute atomic E-state index is 12.1. The Morgan fingerprint density at radius 2 is 2.13 bits per heavy atom. The van der Waals surface area contributed by atoms with E-state index < -0.39 is 0 Å². The second-order valence-electron chi connectivity index (χ2n) is 6.44. The first-order chi connectivity index (χ1) is 11.0. The van der Waals surface area contributed by atoms with Gasteiger partial charge in [-0.3, -0.25) is 9.59 Å². The number of methoxy groups -OCH3 is 1. The third-order valence-electron chi connectivity index (χ3n) is 4.11. The standard InChI is InChI=1S/C18H26N2O3/c1-13(2)11-19-18(22)15-10-17(21)20(12-15)9-8-14-6-4-5-7-16(14)23-3/h4-7,13,15H,8-12H2,1-3H3,(H,19,22). The van der Waals surface area contributed by atoms with Crippen molar-refractivity contribution in [3.05, 3.63) is 29.8 Å². The Hall–Kier alpha value is -2.04. The number of ether oxygens (including phenoxy) is 1. The zero-order chi connectivity index (χ0) is 16.8. The van der Waals surface area contributed by atoms with Crippen LogP contribution in [0.5, 0.6) is 5.75 Å². The van der Waals surface area contributed by atoms with Crippen LogP contribution in [0.1, 0.15) is 25.8 Å². The molecule has 0 aromatic heterocycles. The van der Waals surface area contributed by atoms with Crippen molar-refractivity contribution in [3.63, 3.8) is 0 Å². The molecule has 1 fully saturated rings. The Balaban J connectivity index is 1.87. The van der Waals surface area contributed by atoms with Gasteiger partial charge in [-0.05, 0) is 24.0 Å². The predicted octanol–water partition coefficient (Wildman–Crippen LogP) is 1.86. The highest BCUT2D eigenvalue weighted by Gasteiger charge is 2.33. The minimum atomic E-state index is -0.223. The number of hydrogen-bond donors (Lipinski definition) is 1. The van der Waals surface area contributed by atoms with Gasteiger partial charge in [-0.15, -0.1) is 0 Å². The van der Waals surface area contributed by atoms with E-state index in [4.69, 9.17) is 4.74 Å². The molecule has 0 aliphatic carbocycles. The van der Waals surface area contributed by atoms with E-state index in [2.05, 4.69) is 19.2 Å². The smallest absolute Gasteiger partial charge is 0.225 e. The third-order valence-corrected chi connectivity index (χ3v) is 4.11. The molecule has 1 unspecified atom stereocenters. The Morgan fingerprint density at radius 1 is 1.39 bits per heavy atom. The van der Waals surface area contributed by atoms with Crippen molar-refractivity contribution in [3.8, 4) is 5.75 Å². The fourth-order valence-electron chi connectivity index (χ4n) is 2.78. The topological polar surface area (TPSA) is 58.6 Å². The van der Waals surface area contributed by atoms with Gasteiger partial charge in [0.05, 0.1) is 13.0 Å². The molecule has 1 aromatic rings. The fraction of sp³-hybridized carbons (Fsp3) is 0.556. The molecule has 1 atom stereocenters. The van der Waals surface area contributed by atoms with Crippen LogP contribution in [0.2, 0.25) is 0 Å². The number of carbonyl (C=O) groups is 2. The summed E-state index contributed by atoms with van der Waals surface area (Å²) in [6, 6.07) is 7.82. The molecule has 23 heavy (non-hydrogen) atoms. The van der Waals surface area contributed by atoms with E-state index in [-0.39, 0.29) is 17.7 Å². The molecule has 126 valence electrons. The normalized spacial score (nSPS) is 17.7. The fourth-order valence-corrected chi connectivity index (χ4v) is 2.78. The van der Waals surface area contributed by atoms with Gasteiger partial charge in [0.1, 0.15) is 5.75 Å². The van der Waals surface area contributed by atoms with Gasteiger partial charge in [-0.1, -0.05) is 32.0 Å². The van der Waals surface area contributed by atoms with E-state index in [9.17, 15) is 9.59 Å². The van der Waals surface area contributed by atoms with Crippen molar-refractivity contribution in [2.24, 2.45) is 11.8 Å². The molecule has 1 aliphatic heterocycles. The van der Waals surface area contributed by atoms with Gasteiger partial charge in [0.2, 0.25) is 11.8 Å². The largest absolute Gasteiger partial charge is 0.496 e. The molecule has 1 aliphatic rings. The first-order valence-electron chi connectivity index (χ1n) is 8.18. The van der Waals surface area contributed by atoms with E-state index >= 15 is 0 Å². The molecule has 0 bridgehead atoms. The van der Waals surface area contributed by atoms with Gasteiger partial charge in [-0.25, -0.2) is 0 Å². The summed E-state index contributed by atoms with van der Waals surface area (Å²) < 4.78 is 5.33. The van der Waals surface area contributed by atoms with Crippen molar-refractivity contribution in [2.45, 2.75) is 26.7 Å². The molecular formula is C18H26N2O3. The molecule has 2 rings (SSSR count). The number of benzene rings is 1. The van der Waals surface area contributed by atoms with Gasteiger partial charge in [0.15, 0.2) is 0 Å². The van der Waals surface area contributed by atoms with Gasteiger partial charge in [-0.2, -0.15) is 0 Å². The second kappa shape index (κ2) is 7.99. The number of hydrogen-bond acceptors (Lipinski definition) is 3. The summed E-state index contributed by atoms with van der Waals surface area (Å²) in [6.07, 6.45) is 1.05. The van der Waals surface area contributed by atoms with E-state index in [1.807, 2.05) is 24.3 Å². The predicted molar refractivity (Wildman–Crippen MR) is 89.2 cm³/mol. The lowest BCUT2D eigenvalue weighted by Gasteiger charge is -2.17. The van der Waals surface area contributed by atoms with E-state index in [0.29, 0.717) is 32.0 Å². The quantitative estimate of drug-likeness (QED) is 0.835. The number of para-hydroxylation sites is 1. The van der Waals surface area contributed by atoms with Crippen LogP contribution < -0.4 is 10.1 Å². The van der Waals surface area contributed by atoms with Gasteiger partial charge < -0.3 is 15.0 Å². The molecule has 5 heteroatoms. The van der Waals surface area contributed by atoms with Crippen LogP contribution in [-0.4, -0.2) is 43.5 Å². The second-order valence-corrected chi connectivity index (χ2v) is 6.44. The number of amides is 2. The molecule has 2 amide bonds. The highest BCUT2D eigenvalue weighted by Crippen LogP contribution is 2.21. The maximum atomic E-state index is 12.1. The molecule has 1 saturated heterocycles. The Labute approximate surface area is 138 Å². The van der Waals surface area contributed by atoms with Gasteiger partial charge in [0.25, 0.3) is 0 Å². The van der Waals surface area contributed by atoms with Crippen LogP contribution in [0.4, 0.5) is 0 Å². The van der Waals surface area contributed by atoms with Gasteiger partial charge >= 0.3 is 0 Å². The lowest BCUT2D eigenvalue weighted by Crippen LogP contribution is -2.35. The van der Waals surface area contributed by atoms with Crippen LogP contribution in [0.15, 0.2) is 24.3 Å². The van der Waals surface area contributed by atoms with E-state index in [0.717, 1.165) is 17.7 Å². The minimum absolute atomic E-state index is 0.00755. The minimum Gasteiger partial charge on any atom is -0.496 e. The zero-order valence-corrected chi connectivity index (χ0v) is 14.2. The van der Waals surface area contributed by atoms with E-state index in [1.165, 1.54) is 0 Å². The average molecular weight is 318 g/mol. The van der Waals surface area contributed by atoms with E-state index in [1.54, 1.807) is 12.0 Å². The summed E-state index contributed by atoms with van der Waals surface area (Å²) >= 11 is 0. The first-order valence-corrected chi connectivity index (χ1v) is 8.18. The molecule has 0 radical (unpaired) electrons. The number of nitrogens with one attached hydrogen (secondary N) is 1. The third kappa shape index (κ3) is 4.71. The van der Waals surface area contributed by atoms with Crippen molar-refractivity contribution < 1.29 is 14.3 Å². The number of likely N-dealkylation sites (tertiary alicyclic amines) is 1. The maximum Gasteiger partial charge on any atom is 0.225 e. The molecule has 1 N–H and O–H groups in total.